The van der Waals surface area contributed by atoms with Crippen molar-refractivity contribution in [2.75, 3.05) is 37.7 Å². The van der Waals surface area contributed by atoms with Crippen LogP contribution in [-0.2, 0) is 9.53 Å². The summed E-state index contributed by atoms with van der Waals surface area (Å²) in [7, 11) is 0. The molecule has 7 nitrogen and oxygen atoms in total. The van der Waals surface area contributed by atoms with Crippen LogP contribution in [0, 0.1) is 11.3 Å². The molecule has 1 saturated heterocycles. The molecule has 0 spiro atoms. The molecule has 1 aliphatic heterocycles. The van der Waals surface area contributed by atoms with Gasteiger partial charge in [0.05, 0.1) is 23.1 Å². The maximum Gasteiger partial charge on any atom is 0.330 e. The first-order valence-corrected chi connectivity index (χ1v) is 12.7. The van der Waals surface area contributed by atoms with Gasteiger partial charge in [0.1, 0.15) is 12.3 Å². The van der Waals surface area contributed by atoms with Gasteiger partial charge in [-0.05, 0) is 23.3 Å². The Hall–Kier alpha value is -4.54. The number of piperazine rings is 1. The zero-order chi connectivity index (χ0) is 26.3. The Morgan fingerprint density at radius 1 is 0.895 bits per heavy atom. The predicted molar refractivity (Wildman–Crippen MR) is 148 cm³/mol. The molecule has 1 aliphatic rings. The molecule has 0 unspecified atom stereocenters. The third-order valence-corrected chi connectivity index (χ3v) is 6.77. The lowest BCUT2D eigenvalue weighted by Gasteiger charge is -2.40. The fourth-order valence-electron chi connectivity index (χ4n) is 4.96. The highest BCUT2D eigenvalue weighted by Gasteiger charge is 2.32. The van der Waals surface area contributed by atoms with Crippen molar-refractivity contribution in [3.8, 4) is 6.07 Å². The Kier molecular flexibility index (Phi) is 7.72. The lowest BCUT2D eigenvalue weighted by Crippen LogP contribution is -2.48. The summed E-state index contributed by atoms with van der Waals surface area (Å²) in [6.07, 6.45) is 1.48. The SMILES string of the molecule is C=CCOC(=O)[C@@H](C#N)c1nc2ccccc2nc1N1CCN(C(c2ccccc2)c2ccccc2)CC1. The third kappa shape index (κ3) is 5.26. The summed E-state index contributed by atoms with van der Waals surface area (Å²) in [4.78, 5) is 27.0. The van der Waals surface area contributed by atoms with Gasteiger partial charge in [0.2, 0.25) is 0 Å². The monoisotopic (exact) mass is 503 g/mol. The zero-order valence-corrected chi connectivity index (χ0v) is 21.1. The van der Waals surface area contributed by atoms with Gasteiger partial charge in [-0.15, -0.1) is 0 Å². The van der Waals surface area contributed by atoms with E-state index in [1.807, 2.05) is 36.4 Å². The Morgan fingerprint density at radius 3 is 2.00 bits per heavy atom. The van der Waals surface area contributed by atoms with E-state index in [9.17, 15) is 10.1 Å². The number of carbonyl (C=O) groups excluding carboxylic acids is 1. The highest BCUT2D eigenvalue weighted by molar-refractivity contribution is 5.85. The van der Waals surface area contributed by atoms with Crippen molar-refractivity contribution in [2.45, 2.75) is 12.0 Å². The van der Waals surface area contributed by atoms with Gasteiger partial charge in [0.25, 0.3) is 0 Å². The molecule has 0 saturated carbocycles. The lowest BCUT2D eigenvalue weighted by atomic mass is 9.96. The summed E-state index contributed by atoms with van der Waals surface area (Å²) in [5.74, 6) is -1.27. The van der Waals surface area contributed by atoms with E-state index in [1.165, 1.54) is 17.2 Å². The Morgan fingerprint density at radius 2 is 1.45 bits per heavy atom. The number of esters is 1. The molecule has 1 aromatic heterocycles. The van der Waals surface area contributed by atoms with Gasteiger partial charge < -0.3 is 9.64 Å². The lowest BCUT2D eigenvalue weighted by molar-refractivity contribution is -0.142. The van der Waals surface area contributed by atoms with E-state index in [2.05, 4.69) is 71.0 Å². The number of anilines is 1. The molecule has 3 aromatic carbocycles. The smallest absolute Gasteiger partial charge is 0.330 e. The third-order valence-electron chi connectivity index (χ3n) is 6.77. The number of ether oxygens (including phenoxy) is 1. The highest BCUT2D eigenvalue weighted by atomic mass is 16.5. The number of benzene rings is 3. The molecule has 2 heterocycles. The normalized spacial score (nSPS) is 14.7. The van der Waals surface area contributed by atoms with E-state index < -0.39 is 11.9 Å². The van der Waals surface area contributed by atoms with Crippen molar-refractivity contribution in [3.05, 3.63) is 114 Å². The van der Waals surface area contributed by atoms with E-state index >= 15 is 0 Å². The highest BCUT2D eigenvalue weighted by Crippen LogP contribution is 2.32. The zero-order valence-electron chi connectivity index (χ0n) is 21.1. The summed E-state index contributed by atoms with van der Waals surface area (Å²) >= 11 is 0. The summed E-state index contributed by atoms with van der Waals surface area (Å²) in [6, 6.07) is 30.8. The van der Waals surface area contributed by atoms with Crippen LogP contribution < -0.4 is 4.90 Å². The average molecular weight is 504 g/mol. The van der Waals surface area contributed by atoms with Crippen LogP contribution >= 0.6 is 0 Å². The molecule has 1 atom stereocenters. The van der Waals surface area contributed by atoms with E-state index in [0.29, 0.717) is 30.1 Å². The van der Waals surface area contributed by atoms with Crippen LogP contribution in [0.1, 0.15) is 28.8 Å². The molecular formula is C31H29N5O2. The first-order chi connectivity index (χ1) is 18.7. The minimum Gasteiger partial charge on any atom is -0.460 e. The van der Waals surface area contributed by atoms with Crippen molar-refractivity contribution in [3.63, 3.8) is 0 Å². The predicted octanol–water partition coefficient (Wildman–Crippen LogP) is 4.88. The quantitative estimate of drug-likeness (QED) is 0.250. The van der Waals surface area contributed by atoms with Gasteiger partial charge in [0.15, 0.2) is 11.7 Å². The van der Waals surface area contributed by atoms with Gasteiger partial charge in [0, 0.05) is 26.2 Å². The second kappa shape index (κ2) is 11.7. The van der Waals surface area contributed by atoms with Crippen LogP contribution in [0.3, 0.4) is 0 Å². The van der Waals surface area contributed by atoms with Gasteiger partial charge in [-0.25, -0.2) is 9.97 Å². The number of aromatic nitrogens is 2. The largest absolute Gasteiger partial charge is 0.460 e. The van der Waals surface area contributed by atoms with Crippen molar-refractivity contribution in [2.24, 2.45) is 0 Å². The Labute approximate surface area is 222 Å². The molecule has 1 fully saturated rings. The molecule has 0 amide bonds. The number of nitrogens with zero attached hydrogens (tertiary/aromatic N) is 5. The molecule has 0 aliphatic carbocycles. The van der Waals surface area contributed by atoms with Crippen LogP contribution in [0.4, 0.5) is 5.82 Å². The fourth-order valence-corrected chi connectivity index (χ4v) is 4.96. The summed E-state index contributed by atoms with van der Waals surface area (Å²) < 4.78 is 5.23. The van der Waals surface area contributed by atoms with Crippen LogP contribution in [-0.4, -0.2) is 53.6 Å². The molecule has 190 valence electrons. The number of hydrogen-bond donors (Lipinski definition) is 0. The van der Waals surface area contributed by atoms with Gasteiger partial charge in [-0.1, -0.05) is 85.5 Å². The molecule has 38 heavy (non-hydrogen) atoms. The van der Waals surface area contributed by atoms with Crippen molar-refractivity contribution >= 4 is 22.8 Å². The molecule has 0 radical (unpaired) electrons. The van der Waals surface area contributed by atoms with Gasteiger partial charge in [-0.3, -0.25) is 9.69 Å². The van der Waals surface area contributed by atoms with E-state index in [-0.39, 0.29) is 12.6 Å². The second-order valence-corrected chi connectivity index (χ2v) is 9.15. The van der Waals surface area contributed by atoms with Gasteiger partial charge in [-0.2, -0.15) is 5.26 Å². The average Bonchev–Trinajstić information content (AvgIpc) is 2.98. The standard InChI is InChI=1S/C31H29N5O2/c1-2-21-38-31(37)25(22-32)28-30(34-27-16-10-9-15-26(27)33-28)36-19-17-35(18-20-36)29(23-11-5-3-6-12-23)24-13-7-4-8-14-24/h2-16,25,29H,1,17-21H2/t25-/m0/s1. The number of hydrogen-bond acceptors (Lipinski definition) is 7. The van der Waals surface area contributed by atoms with Crippen LogP contribution in [0.25, 0.3) is 11.0 Å². The molecule has 7 heteroatoms. The molecular weight excluding hydrogens is 474 g/mol. The number of carbonyl (C=O) groups is 1. The molecule has 5 rings (SSSR count). The van der Waals surface area contributed by atoms with E-state index in [0.717, 1.165) is 18.6 Å². The van der Waals surface area contributed by atoms with Crippen molar-refractivity contribution < 1.29 is 9.53 Å². The number of nitriles is 1. The number of fused-ring (bicyclic) bond motifs is 1. The van der Waals surface area contributed by atoms with Crippen molar-refractivity contribution in [1.29, 1.82) is 5.26 Å². The number of para-hydroxylation sites is 2. The second-order valence-electron chi connectivity index (χ2n) is 9.15. The molecule has 4 aromatic rings. The first-order valence-electron chi connectivity index (χ1n) is 12.7. The van der Waals surface area contributed by atoms with E-state index in [4.69, 9.17) is 14.7 Å². The summed E-state index contributed by atoms with van der Waals surface area (Å²) in [5.41, 5.74) is 4.17. The van der Waals surface area contributed by atoms with Crippen LogP contribution in [0.2, 0.25) is 0 Å². The minimum absolute atomic E-state index is 0.0341. The summed E-state index contributed by atoms with van der Waals surface area (Å²) in [5, 5.41) is 9.94. The fraction of sp³-hybridized carbons (Fsp3) is 0.226. The van der Waals surface area contributed by atoms with E-state index in [1.54, 1.807) is 0 Å². The van der Waals surface area contributed by atoms with Crippen LogP contribution in [0.15, 0.2) is 97.6 Å². The Balaban J connectivity index is 1.45. The van der Waals surface area contributed by atoms with Crippen molar-refractivity contribution in [1.82, 2.24) is 14.9 Å². The van der Waals surface area contributed by atoms with Crippen LogP contribution in [0.5, 0.6) is 0 Å². The minimum atomic E-state index is -1.18. The Bertz CT molecular complexity index is 1400. The topological polar surface area (TPSA) is 82.3 Å². The first kappa shape index (κ1) is 25.1. The molecule has 0 bridgehead atoms. The summed E-state index contributed by atoms with van der Waals surface area (Å²) in [6.45, 7) is 6.53. The maximum absolute atomic E-state index is 12.8. The number of rotatable bonds is 8. The van der Waals surface area contributed by atoms with Gasteiger partial charge >= 0.3 is 5.97 Å². The molecule has 0 N–H and O–H groups in total. The maximum atomic E-state index is 12.8.